The maximum absolute atomic E-state index is 12.9. The van der Waals surface area contributed by atoms with Crippen molar-refractivity contribution in [1.82, 2.24) is 10.2 Å². The van der Waals surface area contributed by atoms with Crippen LogP contribution in [0.15, 0.2) is 51.6 Å². The number of aliphatic imine (C=N–C) groups is 1. The van der Waals surface area contributed by atoms with E-state index in [9.17, 15) is 9.59 Å². The Labute approximate surface area is 195 Å². The molecule has 0 bridgehead atoms. The van der Waals surface area contributed by atoms with Crippen LogP contribution in [-0.2, 0) is 14.3 Å². The van der Waals surface area contributed by atoms with E-state index in [1.54, 1.807) is 0 Å². The number of fused-ring (bicyclic) bond motifs is 1. The van der Waals surface area contributed by atoms with Gasteiger partial charge in [-0.1, -0.05) is 70.6 Å². The van der Waals surface area contributed by atoms with Gasteiger partial charge in [-0.3, -0.25) is 4.79 Å². The number of rotatable bonds is 8. The summed E-state index contributed by atoms with van der Waals surface area (Å²) >= 11 is 1.50. The number of nitrogens with one attached hydrogen (secondary N) is 1. The molecule has 0 unspecified atom stereocenters. The molecule has 7 heteroatoms. The Morgan fingerprint density at radius 1 is 1.19 bits per heavy atom. The van der Waals surface area contributed by atoms with Gasteiger partial charge in [-0.15, -0.1) is 0 Å². The third-order valence-corrected chi connectivity index (χ3v) is 6.49. The number of benzene rings is 1. The van der Waals surface area contributed by atoms with E-state index in [2.05, 4.69) is 57.3 Å². The third kappa shape index (κ3) is 5.09. The highest BCUT2D eigenvalue weighted by Crippen LogP contribution is 2.45. The maximum atomic E-state index is 12.9. The first-order chi connectivity index (χ1) is 15.3. The number of carbonyl (C=O) groups is 2. The number of esters is 1. The van der Waals surface area contributed by atoms with Gasteiger partial charge in [0.05, 0.1) is 30.8 Å². The van der Waals surface area contributed by atoms with Crippen molar-refractivity contribution in [1.29, 1.82) is 0 Å². The van der Waals surface area contributed by atoms with E-state index in [0.29, 0.717) is 30.4 Å². The SMILES string of the molecule is CCC1=C(C(=O)OC)[C@@H](c2ccc(C(C)C)cc2)N2C(CC(=O)NCC(C)C)=CSC2=N1. The van der Waals surface area contributed by atoms with Crippen molar-refractivity contribution >= 4 is 28.8 Å². The summed E-state index contributed by atoms with van der Waals surface area (Å²) in [4.78, 5) is 32.3. The molecule has 2 aliphatic heterocycles. The number of nitrogens with zero attached hydrogens (tertiary/aromatic N) is 2. The fraction of sp³-hybridized carbons (Fsp3) is 0.480. The molecule has 0 spiro atoms. The minimum absolute atomic E-state index is 0.0365. The Hall–Kier alpha value is -2.54. The van der Waals surface area contributed by atoms with Gasteiger partial charge in [-0.2, -0.15) is 0 Å². The van der Waals surface area contributed by atoms with E-state index >= 15 is 0 Å². The second-order valence-corrected chi connectivity index (χ2v) is 9.63. The Bertz CT molecular complexity index is 961. The van der Waals surface area contributed by atoms with Crippen molar-refractivity contribution in [3.63, 3.8) is 0 Å². The Balaban J connectivity index is 2.01. The van der Waals surface area contributed by atoms with Gasteiger partial charge >= 0.3 is 5.97 Å². The predicted molar refractivity (Wildman–Crippen MR) is 130 cm³/mol. The Morgan fingerprint density at radius 2 is 1.88 bits per heavy atom. The molecule has 1 N–H and O–H groups in total. The zero-order valence-electron chi connectivity index (χ0n) is 19.8. The van der Waals surface area contributed by atoms with Crippen molar-refractivity contribution in [2.75, 3.05) is 13.7 Å². The number of carbonyl (C=O) groups excluding carboxylic acids is 2. The normalized spacial score (nSPS) is 18.0. The standard InChI is InChI=1S/C25H33N3O3S/c1-7-20-22(24(30)31-6)23(18-10-8-17(9-11-18)16(4)5)28-19(14-32-25(28)27-20)12-21(29)26-13-15(2)3/h8-11,14-16,23H,7,12-13H2,1-6H3,(H,26,29)/t23-/m1/s1. The lowest BCUT2D eigenvalue weighted by molar-refractivity contribution is -0.136. The molecule has 6 nitrogen and oxygen atoms in total. The molecule has 0 saturated heterocycles. The van der Waals surface area contributed by atoms with Crippen LogP contribution in [0.4, 0.5) is 0 Å². The summed E-state index contributed by atoms with van der Waals surface area (Å²) in [5.74, 6) is 0.372. The first-order valence-electron chi connectivity index (χ1n) is 11.2. The largest absolute Gasteiger partial charge is 0.466 e. The van der Waals surface area contributed by atoms with Crippen LogP contribution in [0, 0.1) is 5.92 Å². The van der Waals surface area contributed by atoms with Gasteiger partial charge in [-0.05, 0) is 34.8 Å². The summed E-state index contributed by atoms with van der Waals surface area (Å²) in [6, 6.07) is 7.96. The minimum atomic E-state index is -0.386. The van der Waals surface area contributed by atoms with E-state index in [4.69, 9.17) is 9.73 Å². The fourth-order valence-corrected chi connectivity index (χ4v) is 4.77. The molecule has 1 atom stereocenters. The average molecular weight is 456 g/mol. The fourth-order valence-electron chi connectivity index (χ4n) is 3.84. The molecule has 0 aliphatic carbocycles. The first-order valence-corrected chi connectivity index (χ1v) is 12.1. The van der Waals surface area contributed by atoms with E-state index in [-0.39, 0.29) is 24.3 Å². The molecule has 32 heavy (non-hydrogen) atoms. The van der Waals surface area contributed by atoms with Gasteiger partial charge < -0.3 is 15.0 Å². The number of hydrogen-bond donors (Lipinski definition) is 1. The lowest BCUT2D eigenvalue weighted by Gasteiger charge is -2.36. The maximum Gasteiger partial charge on any atom is 0.338 e. The van der Waals surface area contributed by atoms with Crippen molar-refractivity contribution in [2.45, 2.75) is 59.4 Å². The zero-order chi connectivity index (χ0) is 23.4. The highest BCUT2D eigenvalue weighted by Gasteiger charge is 2.41. The quantitative estimate of drug-likeness (QED) is 0.552. The van der Waals surface area contributed by atoms with Gasteiger partial charge in [0.25, 0.3) is 0 Å². The zero-order valence-corrected chi connectivity index (χ0v) is 20.6. The summed E-state index contributed by atoms with van der Waals surface area (Å²) in [6.45, 7) is 11.1. The summed E-state index contributed by atoms with van der Waals surface area (Å²) in [5.41, 5.74) is 4.31. The molecule has 1 aromatic rings. The number of amides is 1. The van der Waals surface area contributed by atoms with Crippen LogP contribution < -0.4 is 5.32 Å². The predicted octanol–water partition coefficient (Wildman–Crippen LogP) is 5.11. The highest BCUT2D eigenvalue weighted by molar-refractivity contribution is 8.16. The second-order valence-electron chi connectivity index (χ2n) is 8.80. The number of thioether (sulfide) groups is 1. The summed E-state index contributed by atoms with van der Waals surface area (Å²) in [5, 5.41) is 5.74. The molecule has 0 fully saturated rings. The molecule has 0 saturated carbocycles. The topological polar surface area (TPSA) is 71.0 Å². The summed E-state index contributed by atoms with van der Waals surface area (Å²) in [7, 11) is 1.40. The van der Waals surface area contributed by atoms with E-state index < -0.39 is 0 Å². The minimum Gasteiger partial charge on any atom is -0.466 e. The van der Waals surface area contributed by atoms with Crippen LogP contribution in [0.25, 0.3) is 0 Å². The molecule has 2 aliphatic rings. The van der Waals surface area contributed by atoms with E-state index in [1.165, 1.54) is 24.4 Å². The van der Waals surface area contributed by atoms with Gasteiger partial charge in [0.15, 0.2) is 5.17 Å². The second kappa shape index (κ2) is 10.4. The van der Waals surface area contributed by atoms with E-state index in [0.717, 1.165) is 22.1 Å². The molecular formula is C25H33N3O3S. The summed E-state index contributed by atoms with van der Waals surface area (Å²) < 4.78 is 5.17. The van der Waals surface area contributed by atoms with Crippen LogP contribution >= 0.6 is 11.8 Å². The molecule has 1 amide bonds. The third-order valence-electron chi connectivity index (χ3n) is 5.60. The van der Waals surface area contributed by atoms with Crippen molar-refractivity contribution in [3.05, 3.63) is 57.8 Å². The lowest BCUT2D eigenvalue weighted by Crippen LogP contribution is -2.38. The molecule has 1 aromatic carbocycles. The smallest absolute Gasteiger partial charge is 0.338 e. The van der Waals surface area contributed by atoms with Crippen molar-refractivity contribution < 1.29 is 14.3 Å². The first kappa shape index (κ1) is 24.1. The Kier molecular flexibility index (Phi) is 7.82. The molecule has 0 aromatic heterocycles. The molecular weight excluding hydrogens is 422 g/mol. The van der Waals surface area contributed by atoms with Gasteiger partial charge in [-0.25, -0.2) is 9.79 Å². The van der Waals surface area contributed by atoms with Crippen LogP contribution in [0.1, 0.15) is 70.5 Å². The lowest BCUT2D eigenvalue weighted by atomic mass is 9.91. The van der Waals surface area contributed by atoms with Crippen LogP contribution in [0.5, 0.6) is 0 Å². The van der Waals surface area contributed by atoms with Crippen molar-refractivity contribution in [3.8, 4) is 0 Å². The monoisotopic (exact) mass is 455 g/mol. The molecule has 2 heterocycles. The summed E-state index contributed by atoms with van der Waals surface area (Å²) in [6.07, 6.45) is 0.850. The van der Waals surface area contributed by atoms with Crippen LogP contribution in [0.2, 0.25) is 0 Å². The number of amidine groups is 1. The number of ether oxygens (including phenoxy) is 1. The average Bonchev–Trinajstić information content (AvgIpc) is 3.18. The van der Waals surface area contributed by atoms with Gasteiger partial charge in [0.1, 0.15) is 0 Å². The highest BCUT2D eigenvalue weighted by atomic mass is 32.2. The molecule has 172 valence electrons. The van der Waals surface area contributed by atoms with Crippen LogP contribution in [0.3, 0.4) is 0 Å². The van der Waals surface area contributed by atoms with Crippen molar-refractivity contribution in [2.24, 2.45) is 10.9 Å². The molecule has 0 radical (unpaired) electrons. The molecule has 3 rings (SSSR count). The number of methoxy groups -OCH3 is 1. The Morgan fingerprint density at radius 3 is 2.44 bits per heavy atom. The van der Waals surface area contributed by atoms with Gasteiger partial charge in [0.2, 0.25) is 5.91 Å². The number of hydrogen-bond acceptors (Lipinski definition) is 6. The van der Waals surface area contributed by atoms with Crippen LogP contribution in [-0.4, -0.2) is 35.6 Å². The number of allylic oxidation sites excluding steroid dienone is 1. The van der Waals surface area contributed by atoms with Gasteiger partial charge in [0, 0.05) is 12.2 Å². The van der Waals surface area contributed by atoms with E-state index in [1.807, 2.05) is 17.2 Å².